The van der Waals surface area contributed by atoms with Gasteiger partial charge in [0.15, 0.2) is 0 Å². The van der Waals surface area contributed by atoms with Crippen molar-refractivity contribution in [1.29, 1.82) is 0 Å². The van der Waals surface area contributed by atoms with E-state index in [0.717, 1.165) is 30.6 Å². The van der Waals surface area contributed by atoms with Gasteiger partial charge in [0.1, 0.15) is 5.75 Å². The minimum absolute atomic E-state index is 0.0715. The van der Waals surface area contributed by atoms with Crippen molar-refractivity contribution in [1.82, 2.24) is 0 Å². The molecule has 0 atom stereocenters. The van der Waals surface area contributed by atoms with Crippen LogP contribution in [0.4, 0.5) is 0 Å². The summed E-state index contributed by atoms with van der Waals surface area (Å²) in [5, 5.41) is 10.3. The topological polar surface area (TPSA) is 29.5 Å². The molecule has 1 rings (SSSR count). The summed E-state index contributed by atoms with van der Waals surface area (Å²) in [5.41, 5.74) is 0.996. The average molecular weight is 257 g/mol. The fourth-order valence-electron chi connectivity index (χ4n) is 2.07. The number of aliphatic hydroxyl groups is 1. The highest BCUT2D eigenvalue weighted by molar-refractivity contribution is 6.30. The summed E-state index contributed by atoms with van der Waals surface area (Å²) in [7, 11) is 1.66. The Labute approximate surface area is 109 Å². The van der Waals surface area contributed by atoms with Crippen LogP contribution in [0.1, 0.15) is 32.3 Å². The predicted molar refractivity (Wildman–Crippen MR) is 71.8 cm³/mol. The summed E-state index contributed by atoms with van der Waals surface area (Å²) in [6.45, 7) is 4.41. The number of ether oxygens (including phenoxy) is 1. The van der Waals surface area contributed by atoms with Gasteiger partial charge in [-0.15, -0.1) is 0 Å². The molecule has 0 saturated heterocycles. The highest BCUT2D eigenvalue weighted by Gasteiger charge is 2.27. The molecule has 1 aromatic rings. The first-order valence-corrected chi connectivity index (χ1v) is 6.42. The first-order valence-electron chi connectivity index (χ1n) is 6.04. The van der Waals surface area contributed by atoms with Gasteiger partial charge >= 0.3 is 0 Å². The molecule has 96 valence electrons. The van der Waals surface area contributed by atoms with Crippen LogP contribution in [0, 0.1) is 5.41 Å². The maximum atomic E-state index is 9.60. The highest BCUT2D eigenvalue weighted by Crippen LogP contribution is 2.34. The molecule has 0 aromatic heterocycles. The Balaban J connectivity index is 3.03. The maximum Gasteiger partial charge on any atom is 0.122 e. The Hall–Kier alpha value is -0.730. The summed E-state index contributed by atoms with van der Waals surface area (Å²) in [5.74, 6) is 0.842. The Morgan fingerprint density at radius 1 is 1.29 bits per heavy atom. The second-order valence-electron chi connectivity index (χ2n) is 4.50. The van der Waals surface area contributed by atoms with Gasteiger partial charge in [0.25, 0.3) is 0 Å². The summed E-state index contributed by atoms with van der Waals surface area (Å²) < 4.78 is 5.34. The molecule has 0 saturated carbocycles. The SMILES string of the molecule is CCC(CC)(CO)Cc1cc(Cl)ccc1OC. The normalized spacial score (nSPS) is 11.6. The molecule has 0 fully saturated rings. The molecule has 0 bridgehead atoms. The lowest BCUT2D eigenvalue weighted by molar-refractivity contribution is 0.114. The molecular formula is C14H21ClO2. The van der Waals surface area contributed by atoms with E-state index in [1.807, 2.05) is 18.2 Å². The lowest BCUT2D eigenvalue weighted by Gasteiger charge is -2.30. The van der Waals surface area contributed by atoms with Crippen LogP contribution < -0.4 is 4.74 Å². The van der Waals surface area contributed by atoms with E-state index in [-0.39, 0.29) is 12.0 Å². The van der Waals surface area contributed by atoms with Crippen molar-refractivity contribution in [2.45, 2.75) is 33.1 Å². The Kier molecular flexibility index (Phi) is 5.29. The van der Waals surface area contributed by atoms with Gasteiger partial charge in [-0.1, -0.05) is 25.4 Å². The molecule has 2 nitrogen and oxygen atoms in total. The lowest BCUT2D eigenvalue weighted by Crippen LogP contribution is -2.26. The van der Waals surface area contributed by atoms with Gasteiger partial charge in [0.2, 0.25) is 0 Å². The van der Waals surface area contributed by atoms with E-state index < -0.39 is 0 Å². The average Bonchev–Trinajstić information content (AvgIpc) is 2.36. The van der Waals surface area contributed by atoms with E-state index >= 15 is 0 Å². The summed E-state index contributed by atoms with van der Waals surface area (Å²) in [6, 6.07) is 5.63. The van der Waals surface area contributed by atoms with E-state index in [1.54, 1.807) is 7.11 Å². The second kappa shape index (κ2) is 6.27. The minimum Gasteiger partial charge on any atom is -0.496 e. The van der Waals surface area contributed by atoms with Crippen molar-refractivity contribution in [3.63, 3.8) is 0 Å². The van der Waals surface area contributed by atoms with Crippen LogP contribution >= 0.6 is 11.6 Å². The van der Waals surface area contributed by atoms with Gasteiger partial charge < -0.3 is 9.84 Å². The van der Waals surface area contributed by atoms with Gasteiger partial charge in [-0.2, -0.15) is 0 Å². The van der Waals surface area contributed by atoms with Crippen molar-refractivity contribution < 1.29 is 9.84 Å². The van der Waals surface area contributed by atoms with E-state index in [1.165, 1.54) is 0 Å². The molecule has 0 spiro atoms. The zero-order chi connectivity index (χ0) is 12.9. The van der Waals surface area contributed by atoms with Crippen molar-refractivity contribution >= 4 is 11.6 Å². The summed E-state index contributed by atoms with van der Waals surface area (Å²) >= 11 is 6.01. The van der Waals surface area contributed by atoms with E-state index in [9.17, 15) is 5.11 Å². The third-order valence-electron chi connectivity index (χ3n) is 3.64. The van der Waals surface area contributed by atoms with Crippen LogP contribution in [0.2, 0.25) is 5.02 Å². The van der Waals surface area contributed by atoms with Crippen molar-refractivity contribution in [3.05, 3.63) is 28.8 Å². The fraction of sp³-hybridized carbons (Fsp3) is 0.571. The number of aliphatic hydroxyl groups excluding tert-OH is 1. The van der Waals surface area contributed by atoms with Crippen LogP contribution in [0.15, 0.2) is 18.2 Å². The Morgan fingerprint density at radius 2 is 1.94 bits per heavy atom. The van der Waals surface area contributed by atoms with Gasteiger partial charge in [0.05, 0.1) is 7.11 Å². The van der Waals surface area contributed by atoms with Gasteiger partial charge in [0, 0.05) is 11.6 Å². The fourth-order valence-corrected chi connectivity index (χ4v) is 2.26. The molecule has 17 heavy (non-hydrogen) atoms. The third kappa shape index (κ3) is 3.36. The molecule has 0 amide bonds. The molecule has 0 aliphatic heterocycles. The molecule has 0 heterocycles. The van der Waals surface area contributed by atoms with Crippen LogP contribution in [0.5, 0.6) is 5.75 Å². The van der Waals surface area contributed by atoms with Gasteiger partial charge in [-0.3, -0.25) is 0 Å². The molecule has 0 aliphatic rings. The summed E-state index contributed by atoms with van der Waals surface area (Å²) in [6.07, 6.45) is 2.67. The number of halogens is 1. The van der Waals surface area contributed by atoms with Crippen LogP contribution in [0.3, 0.4) is 0 Å². The predicted octanol–water partition coefficient (Wildman–Crippen LogP) is 3.69. The Bertz CT molecular complexity index is 351. The largest absolute Gasteiger partial charge is 0.496 e. The van der Waals surface area contributed by atoms with Gasteiger partial charge in [-0.05, 0) is 48.4 Å². The first-order chi connectivity index (χ1) is 8.10. The molecule has 0 aliphatic carbocycles. The second-order valence-corrected chi connectivity index (χ2v) is 4.93. The quantitative estimate of drug-likeness (QED) is 0.841. The molecule has 0 unspecified atom stereocenters. The first kappa shape index (κ1) is 14.3. The van der Waals surface area contributed by atoms with E-state index in [2.05, 4.69) is 13.8 Å². The zero-order valence-electron chi connectivity index (χ0n) is 10.8. The van der Waals surface area contributed by atoms with Crippen molar-refractivity contribution in [2.75, 3.05) is 13.7 Å². The standard InChI is InChI=1S/C14H21ClO2/c1-4-14(5-2,10-16)9-11-8-12(15)6-7-13(11)17-3/h6-8,16H,4-5,9-10H2,1-3H3. The molecule has 1 N–H and O–H groups in total. The number of methoxy groups -OCH3 is 1. The van der Waals surface area contributed by atoms with Crippen molar-refractivity contribution in [3.8, 4) is 5.75 Å². The number of hydrogen-bond donors (Lipinski definition) is 1. The molecule has 1 aromatic carbocycles. The van der Waals surface area contributed by atoms with Crippen molar-refractivity contribution in [2.24, 2.45) is 5.41 Å². The maximum absolute atomic E-state index is 9.60. The number of benzene rings is 1. The Morgan fingerprint density at radius 3 is 2.41 bits per heavy atom. The third-order valence-corrected chi connectivity index (χ3v) is 3.88. The monoisotopic (exact) mass is 256 g/mol. The van der Waals surface area contributed by atoms with Crippen LogP contribution in [-0.2, 0) is 6.42 Å². The number of hydrogen-bond acceptors (Lipinski definition) is 2. The van der Waals surface area contributed by atoms with E-state index in [0.29, 0.717) is 5.02 Å². The summed E-state index contributed by atoms with van der Waals surface area (Å²) in [4.78, 5) is 0. The van der Waals surface area contributed by atoms with Crippen LogP contribution in [0.25, 0.3) is 0 Å². The molecule has 3 heteroatoms. The lowest BCUT2D eigenvalue weighted by atomic mass is 9.77. The van der Waals surface area contributed by atoms with Crippen LogP contribution in [-0.4, -0.2) is 18.8 Å². The highest BCUT2D eigenvalue weighted by atomic mass is 35.5. The van der Waals surface area contributed by atoms with Gasteiger partial charge in [-0.25, -0.2) is 0 Å². The molecular weight excluding hydrogens is 236 g/mol. The minimum atomic E-state index is -0.0715. The molecule has 0 radical (unpaired) electrons. The zero-order valence-corrected chi connectivity index (χ0v) is 11.5. The number of rotatable bonds is 6. The van der Waals surface area contributed by atoms with E-state index in [4.69, 9.17) is 16.3 Å². The smallest absolute Gasteiger partial charge is 0.122 e.